The van der Waals surface area contributed by atoms with Gasteiger partial charge in [-0.15, -0.1) is 0 Å². The first-order valence-corrected chi connectivity index (χ1v) is 6.58. The number of hydrogen-bond acceptors (Lipinski definition) is 3. The normalized spacial score (nSPS) is 11.5. The second kappa shape index (κ2) is 6.31. The van der Waals surface area contributed by atoms with Crippen LogP contribution in [0.15, 0.2) is 42.5 Å². The van der Waals surface area contributed by atoms with Crippen LogP contribution in [-0.4, -0.2) is 7.11 Å². The Kier molecular flexibility index (Phi) is 4.49. The van der Waals surface area contributed by atoms with Gasteiger partial charge in [-0.1, -0.05) is 23.7 Å². The molecule has 0 saturated heterocycles. The van der Waals surface area contributed by atoms with E-state index in [9.17, 15) is 5.26 Å². The minimum atomic E-state index is -0.432. The molecular formula is C16H15ClN2O. The van der Waals surface area contributed by atoms with Crippen LogP contribution in [0.3, 0.4) is 0 Å². The summed E-state index contributed by atoms with van der Waals surface area (Å²) in [6.07, 6.45) is 0. The Labute approximate surface area is 123 Å². The van der Waals surface area contributed by atoms with Crippen molar-refractivity contribution in [1.29, 1.82) is 5.26 Å². The molecule has 0 bridgehead atoms. The Hall–Kier alpha value is -2.18. The van der Waals surface area contributed by atoms with Gasteiger partial charge in [-0.2, -0.15) is 5.26 Å². The molecule has 0 heterocycles. The van der Waals surface area contributed by atoms with Crippen LogP contribution in [0.1, 0.15) is 17.2 Å². The van der Waals surface area contributed by atoms with Gasteiger partial charge < -0.3 is 10.1 Å². The van der Waals surface area contributed by atoms with Gasteiger partial charge in [0.2, 0.25) is 0 Å². The maximum absolute atomic E-state index is 9.35. The van der Waals surface area contributed by atoms with E-state index in [1.165, 1.54) is 0 Å². The highest BCUT2D eigenvalue weighted by atomic mass is 35.5. The Morgan fingerprint density at radius 1 is 1.25 bits per heavy atom. The van der Waals surface area contributed by atoms with Gasteiger partial charge in [0.05, 0.1) is 13.2 Å². The Balaban J connectivity index is 2.25. The summed E-state index contributed by atoms with van der Waals surface area (Å²) < 4.78 is 5.23. The molecule has 3 nitrogen and oxygen atoms in total. The summed E-state index contributed by atoms with van der Waals surface area (Å²) in [7, 11) is 1.63. The lowest BCUT2D eigenvalue weighted by Crippen LogP contribution is -2.08. The summed E-state index contributed by atoms with van der Waals surface area (Å²) in [5.74, 6) is 0.813. The number of methoxy groups -OCH3 is 1. The average molecular weight is 287 g/mol. The van der Waals surface area contributed by atoms with E-state index in [1.807, 2.05) is 37.3 Å². The molecule has 20 heavy (non-hydrogen) atoms. The van der Waals surface area contributed by atoms with Gasteiger partial charge >= 0.3 is 0 Å². The number of anilines is 1. The second-order valence-electron chi connectivity index (χ2n) is 4.45. The van der Waals surface area contributed by atoms with Crippen LogP contribution in [0.2, 0.25) is 5.02 Å². The van der Waals surface area contributed by atoms with Crippen LogP contribution in [0, 0.1) is 18.3 Å². The highest BCUT2D eigenvalue weighted by Crippen LogP contribution is 2.25. The minimum Gasteiger partial charge on any atom is -0.496 e. The quantitative estimate of drug-likeness (QED) is 0.909. The standard InChI is InChI=1S/C16H15ClN2O/c1-11-8-12(6-7-16(11)20-2)15(10-18)19-14-5-3-4-13(17)9-14/h3-9,15,19H,1-2H3. The molecule has 2 rings (SSSR count). The molecule has 0 aliphatic heterocycles. The number of nitrogens with zero attached hydrogens (tertiary/aromatic N) is 1. The van der Waals surface area contributed by atoms with E-state index in [4.69, 9.17) is 16.3 Å². The number of benzene rings is 2. The van der Waals surface area contributed by atoms with Crippen LogP contribution < -0.4 is 10.1 Å². The molecule has 0 aliphatic carbocycles. The van der Waals surface area contributed by atoms with Crippen LogP contribution in [-0.2, 0) is 0 Å². The molecule has 0 amide bonds. The monoisotopic (exact) mass is 286 g/mol. The summed E-state index contributed by atoms with van der Waals surface area (Å²) >= 11 is 5.94. The molecule has 0 spiro atoms. The first kappa shape index (κ1) is 14.2. The van der Waals surface area contributed by atoms with Crippen molar-refractivity contribution in [2.75, 3.05) is 12.4 Å². The number of ether oxygens (including phenoxy) is 1. The van der Waals surface area contributed by atoms with Crippen molar-refractivity contribution in [3.63, 3.8) is 0 Å². The smallest absolute Gasteiger partial charge is 0.140 e. The fourth-order valence-corrected chi connectivity index (χ4v) is 2.21. The number of rotatable bonds is 4. The summed E-state index contributed by atoms with van der Waals surface area (Å²) in [5.41, 5.74) is 2.71. The summed E-state index contributed by atoms with van der Waals surface area (Å²) in [5, 5.41) is 13.2. The lowest BCUT2D eigenvalue weighted by atomic mass is 10.0. The van der Waals surface area contributed by atoms with Crippen LogP contribution >= 0.6 is 11.6 Å². The van der Waals surface area contributed by atoms with E-state index in [0.29, 0.717) is 5.02 Å². The molecule has 1 atom stereocenters. The van der Waals surface area contributed by atoms with Crippen LogP contribution in [0.25, 0.3) is 0 Å². The summed E-state index contributed by atoms with van der Waals surface area (Å²) in [6.45, 7) is 1.95. The number of aryl methyl sites for hydroxylation is 1. The lowest BCUT2D eigenvalue weighted by Gasteiger charge is -2.15. The fraction of sp³-hybridized carbons (Fsp3) is 0.188. The van der Waals surface area contributed by atoms with Gasteiger partial charge in [-0.3, -0.25) is 0 Å². The third-order valence-corrected chi connectivity index (χ3v) is 3.25. The topological polar surface area (TPSA) is 45.0 Å². The van der Waals surface area contributed by atoms with Crippen LogP contribution in [0.4, 0.5) is 5.69 Å². The summed E-state index contributed by atoms with van der Waals surface area (Å²) in [4.78, 5) is 0. The maximum Gasteiger partial charge on any atom is 0.140 e. The molecule has 102 valence electrons. The molecule has 0 aliphatic rings. The first-order valence-electron chi connectivity index (χ1n) is 6.20. The zero-order chi connectivity index (χ0) is 14.5. The zero-order valence-corrected chi connectivity index (χ0v) is 12.1. The molecule has 0 fully saturated rings. The van der Waals surface area contributed by atoms with E-state index in [1.54, 1.807) is 19.2 Å². The molecule has 0 aromatic heterocycles. The van der Waals surface area contributed by atoms with Crippen molar-refractivity contribution < 1.29 is 4.74 Å². The van der Waals surface area contributed by atoms with Crippen molar-refractivity contribution in [2.24, 2.45) is 0 Å². The van der Waals surface area contributed by atoms with Crippen molar-refractivity contribution in [3.8, 4) is 11.8 Å². The van der Waals surface area contributed by atoms with Crippen LogP contribution in [0.5, 0.6) is 5.75 Å². The third-order valence-electron chi connectivity index (χ3n) is 3.02. The van der Waals surface area contributed by atoms with Gasteiger partial charge in [0.25, 0.3) is 0 Å². The molecule has 0 radical (unpaired) electrons. The van der Waals surface area contributed by atoms with Gasteiger partial charge in [-0.05, 0) is 48.4 Å². The Bertz CT molecular complexity index is 649. The third kappa shape index (κ3) is 3.23. The van der Waals surface area contributed by atoms with E-state index in [-0.39, 0.29) is 0 Å². The number of halogens is 1. The Morgan fingerprint density at radius 3 is 2.65 bits per heavy atom. The average Bonchev–Trinajstić information content (AvgIpc) is 2.44. The molecule has 2 aromatic carbocycles. The second-order valence-corrected chi connectivity index (χ2v) is 4.88. The first-order chi connectivity index (χ1) is 9.63. The highest BCUT2D eigenvalue weighted by molar-refractivity contribution is 6.30. The SMILES string of the molecule is COc1ccc(C(C#N)Nc2cccc(Cl)c2)cc1C. The largest absolute Gasteiger partial charge is 0.496 e. The van der Waals surface area contributed by atoms with Gasteiger partial charge in [-0.25, -0.2) is 0 Å². The van der Waals surface area contributed by atoms with E-state index in [2.05, 4.69) is 11.4 Å². The van der Waals surface area contributed by atoms with E-state index in [0.717, 1.165) is 22.6 Å². The van der Waals surface area contributed by atoms with E-state index < -0.39 is 6.04 Å². The number of nitriles is 1. The van der Waals surface area contributed by atoms with Crippen molar-refractivity contribution >= 4 is 17.3 Å². The van der Waals surface area contributed by atoms with Crippen molar-refractivity contribution in [3.05, 3.63) is 58.6 Å². The van der Waals surface area contributed by atoms with Crippen molar-refractivity contribution in [2.45, 2.75) is 13.0 Å². The Morgan fingerprint density at radius 2 is 2.05 bits per heavy atom. The number of hydrogen-bond donors (Lipinski definition) is 1. The van der Waals surface area contributed by atoms with Gasteiger partial charge in [0, 0.05) is 10.7 Å². The molecule has 1 unspecified atom stereocenters. The molecule has 1 N–H and O–H groups in total. The zero-order valence-electron chi connectivity index (χ0n) is 11.4. The maximum atomic E-state index is 9.35. The molecule has 2 aromatic rings. The highest BCUT2D eigenvalue weighted by Gasteiger charge is 2.12. The molecular weight excluding hydrogens is 272 g/mol. The number of nitrogens with one attached hydrogen (secondary N) is 1. The predicted octanol–water partition coefficient (Wildman–Crippen LogP) is 4.33. The van der Waals surface area contributed by atoms with E-state index >= 15 is 0 Å². The predicted molar refractivity (Wildman–Crippen MR) is 81.2 cm³/mol. The fourth-order valence-electron chi connectivity index (χ4n) is 2.02. The van der Waals surface area contributed by atoms with Crippen molar-refractivity contribution in [1.82, 2.24) is 0 Å². The van der Waals surface area contributed by atoms with Gasteiger partial charge in [0.1, 0.15) is 11.8 Å². The van der Waals surface area contributed by atoms with Gasteiger partial charge in [0.15, 0.2) is 0 Å². The minimum absolute atomic E-state index is 0.432. The molecule has 4 heteroatoms. The summed E-state index contributed by atoms with van der Waals surface area (Å²) in [6, 6.07) is 14.8. The molecule has 0 saturated carbocycles. The lowest BCUT2D eigenvalue weighted by molar-refractivity contribution is 0.411.